The van der Waals surface area contributed by atoms with Gasteiger partial charge in [-0.15, -0.1) is 0 Å². The van der Waals surface area contributed by atoms with E-state index in [-0.39, 0.29) is 5.69 Å². The van der Waals surface area contributed by atoms with Gasteiger partial charge in [0.25, 0.3) is 0 Å². The number of nitrogens with one attached hydrogen (secondary N) is 1. The first-order valence-corrected chi connectivity index (χ1v) is 4.76. The minimum Gasteiger partial charge on any atom is -0.477 e. The number of carboxylic acids is 1. The third-order valence-electron chi connectivity index (χ3n) is 2.12. The van der Waals surface area contributed by atoms with E-state index < -0.39 is 5.97 Å². The maximum atomic E-state index is 10.8. The van der Waals surface area contributed by atoms with E-state index in [4.69, 9.17) is 5.11 Å². The molecule has 0 fully saturated rings. The van der Waals surface area contributed by atoms with E-state index in [0.717, 1.165) is 16.5 Å². The van der Waals surface area contributed by atoms with Crippen molar-refractivity contribution >= 4 is 32.8 Å². The zero-order chi connectivity index (χ0) is 10.3. The highest BCUT2D eigenvalue weighted by Gasteiger charge is 2.13. The molecule has 0 amide bonds. The van der Waals surface area contributed by atoms with Crippen LogP contribution in [-0.2, 0) is 0 Å². The summed E-state index contributed by atoms with van der Waals surface area (Å²) in [5.74, 6) is -0.949. The molecule has 0 aliphatic carbocycles. The average molecular weight is 255 g/mol. The van der Waals surface area contributed by atoms with Crippen molar-refractivity contribution in [3.8, 4) is 0 Å². The fraction of sp³-hybridized carbons (Fsp3) is 0.111. The van der Waals surface area contributed by atoms with E-state index in [1.165, 1.54) is 0 Å². The fourth-order valence-corrected chi connectivity index (χ4v) is 1.75. The molecule has 0 radical (unpaired) electrons. The summed E-state index contributed by atoms with van der Waals surface area (Å²) in [7, 11) is 0. The molecule has 2 aromatic heterocycles. The maximum absolute atomic E-state index is 10.8. The number of nitrogens with zero attached hydrogens (tertiary/aromatic N) is 1. The minimum atomic E-state index is -0.949. The summed E-state index contributed by atoms with van der Waals surface area (Å²) in [6.07, 6.45) is 1.61. The molecule has 2 heterocycles. The van der Waals surface area contributed by atoms with Crippen molar-refractivity contribution in [2.75, 3.05) is 0 Å². The Morgan fingerprint density at radius 1 is 1.64 bits per heavy atom. The van der Waals surface area contributed by atoms with E-state index in [1.807, 2.05) is 0 Å². The third kappa shape index (κ3) is 1.29. The quantitative estimate of drug-likeness (QED) is 0.768. The number of rotatable bonds is 1. The molecule has 0 spiro atoms. The van der Waals surface area contributed by atoms with Gasteiger partial charge in [-0.05, 0) is 34.5 Å². The third-order valence-corrected chi connectivity index (χ3v) is 2.56. The molecule has 0 saturated carbocycles. The number of fused-ring (bicyclic) bond motifs is 1. The summed E-state index contributed by atoms with van der Waals surface area (Å²) >= 11 is 3.24. The monoisotopic (exact) mass is 254 g/mol. The van der Waals surface area contributed by atoms with Crippen molar-refractivity contribution in [1.82, 2.24) is 9.97 Å². The van der Waals surface area contributed by atoms with Gasteiger partial charge in [0, 0.05) is 5.39 Å². The second-order valence-electron chi connectivity index (χ2n) is 2.98. The van der Waals surface area contributed by atoms with Gasteiger partial charge in [0.15, 0.2) is 0 Å². The summed E-state index contributed by atoms with van der Waals surface area (Å²) in [5.41, 5.74) is 1.69. The summed E-state index contributed by atoms with van der Waals surface area (Å²) < 4.78 is 0.698. The first-order valence-electron chi connectivity index (χ1n) is 3.96. The van der Waals surface area contributed by atoms with Gasteiger partial charge in [-0.3, -0.25) is 0 Å². The van der Waals surface area contributed by atoms with Crippen LogP contribution in [0.25, 0.3) is 10.9 Å². The Hall–Kier alpha value is -1.36. The van der Waals surface area contributed by atoms with Gasteiger partial charge in [-0.2, -0.15) is 0 Å². The highest BCUT2D eigenvalue weighted by Crippen LogP contribution is 2.23. The number of aryl methyl sites for hydroxylation is 1. The number of hydrogen-bond donors (Lipinski definition) is 2. The SMILES string of the molecule is Cc1c(C(=O)O)[nH]c2cnc(Br)cc12. The van der Waals surface area contributed by atoms with Crippen LogP contribution in [0.4, 0.5) is 0 Å². The molecule has 2 N–H and O–H groups in total. The topological polar surface area (TPSA) is 66.0 Å². The van der Waals surface area contributed by atoms with Crippen LogP contribution in [0.15, 0.2) is 16.9 Å². The molecule has 4 nitrogen and oxygen atoms in total. The first-order chi connectivity index (χ1) is 6.59. The number of carbonyl (C=O) groups is 1. The zero-order valence-corrected chi connectivity index (χ0v) is 8.92. The van der Waals surface area contributed by atoms with E-state index >= 15 is 0 Å². The summed E-state index contributed by atoms with van der Waals surface area (Å²) in [6.45, 7) is 1.77. The molecule has 0 aromatic carbocycles. The Balaban J connectivity index is 2.80. The summed E-state index contributed by atoms with van der Waals surface area (Å²) in [6, 6.07) is 1.80. The Morgan fingerprint density at radius 3 is 3.00 bits per heavy atom. The number of halogens is 1. The average Bonchev–Trinajstić information content (AvgIpc) is 2.44. The van der Waals surface area contributed by atoms with Gasteiger partial charge < -0.3 is 10.1 Å². The van der Waals surface area contributed by atoms with Crippen LogP contribution < -0.4 is 0 Å². The second kappa shape index (κ2) is 3.09. The predicted octanol–water partition coefficient (Wildman–Crippen LogP) is 2.33. The van der Waals surface area contributed by atoms with Crippen molar-refractivity contribution in [3.05, 3.63) is 28.1 Å². The van der Waals surface area contributed by atoms with Gasteiger partial charge in [0.1, 0.15) is 10.3 Å². The van der Waals surface area contributed by atoms with Crippen molar-refractivity contribution in [2.24, 2.45) is 0 Å². The molecular weight excluding hydrogens is 248 g/mol. The Morgan fingerprint density at radius 2 is 2.36 bits per heavy atom. The smallest absolute Gasteiger partial charge is 0.352 e. The second-order valence-corrected chi connectivity index (χ2v) is 3.80. The van der Waals surface area contributed by atoms with Crippen molar-refractivity contribution in [2.45, 2.75) is 6.92 Å². The number of pyridine rings is 1. The van der Waals surface area contributed by atoms with Crippen LogP contribution in [-0.4, -0.2) is 21.0 Å². The first kappa shape index (κ1) is 9.21. The molecule has 0 aliphatic rings. The molecule has 0 atom stereocenters. The molecular formula is C9H7BrN2O2. The highest BCUT2D eigenvalue weighted by molar-refractivity contribution is 9.10. The van der Waals surface area contributed by atoms with Gasteiger partial charge in [0.2, 0.25) is 0 Å². The van der Waals surface area contributed by atoms with Crippen molar-refractivity contribution < 1.29 is 9.90 Å². The number of hydrogen-bond acceptors (Lipinski definition) is 2. The molecule has 0 unspecified atom stereocenters. The molecule has 2 rings (SSSR count). The van der Waals surface area contributed by atoms with E-state index in [0.29, 0.717) is 4.60 Å². The Bertz CT molecular complexity index is 519. The fourth-order valence-electron chi connectivity index (χ4n) is 1.42. The van der Waals surface area contributed by atoms with Crippen LogP contribution in [0.1, 0.15) is 16.1 Å². The van der Waals surface area contributed by atoms with Gasteiger partial charge >= 0.3 is 5.97 Å². The van der Waals surface area contributed by atoms with E-state index in [9.17, 15) is 4.79 Å². The molecule has 2 aromatic rings. The Labute approximate surface area is 88.1 Å². The van der Waals surface area contributed by atoms with Crippen molar-refractivity contribution in [1.29, 1.82) is 0 Å². The van der Waals surface area contributed by atoms with Crippen LogP contribution >= 0.6 is 15.9 Å². The number of carboxylic acid groups (broad SMARTS) is 1. The van der Waals surface area contributed by atoms with E-state index in [1.54, 1.807) is 19.2 Å². The molecule has 0 bridgehead atoms. The predicted molar refractivity (Wildman–Crippen MR) is 55.5 cm³/mol. The number of H-pyrrole nitrogens is 1. The summed E-state index contributed by atoms with van der Waals surface area (Å²) in [4.78, 5) is 17.6. The maximum Gasteiger partial charge on any atom is 0.352 e. The van der Waals surface area contributed by atoms with Crippen molar-refractivity contribution in [3.63, 3.8) is 0 Å². The number of aromatic carboxylic acids is 1. The molecule has 72 valence electrons. The Kier molecular flexibility index (Phi) is 2.03. The lowest BCUT2D eigenvalue weighted by Crippen LogP contribution is -1.97. The zero-order valence-electron chi connectivity index (χ0n) is 7.34. The standard InChI is InChI=1S/C9H7BrN2O2/c1-4-5-2-7(10)11-3-6(5)12-8(4)9(13)14/h2-3,12H,1H3,(H,13,14). The van der Waals surface area contributed by atoms with E-state index in [2.05, 4.69) is 25.9 Å². The molecule has 0 saturated heterocycles. The largest absolute Gasteiger partial charge is 0.477 e. The number of aromatic nitrogens is 2. The lowest BCUT2D eigenvalue weighted by Gasteiger charge is -1.91. The van der Waals surface area contributed by atoms with Gasteiger partial charge in [-0.25, -0.2) is 9.78 Å². The minimum absolute atomic E-state index is 0.222. The van der Waals surface area contributed by atoms with Gasteiger partial charge in [0.05, 0.1) is 11.7 Å². The molecule has 5 heteroatoms. The van der Waals surface area contributed by atoms with Crippen LogP contribution in [0.2, 0.25) is 0 Å². The van der Waals surface area contributed by atoms with Crippen LogP contribution in [0.5, 0.6) is 0 Å². The normalized spacial score (nSPS) is 10.7. The highest BCUT2D eigenvalue weighted by atomic mass is 79.9. The van der Waals surface area contributed by atoms with Crippen LogP contribution in [0.3, 0.4) is 0 Å². The lowest BCUT2D eigenvalue weighted by atomic mass is 10.2. The molecule has 0 aliphatic heterocycles. The summed E-state index contributed by atoms with van der Waals surface area (Å²) in [5, 5.41) is 9.75. The molecule has 14 heavy (non-hydrogen) atoms. The van der Waals surface area contributed by atoms with Gasteiger partial charge in [-0.1, -0.05) is 0 Å². The number of aromatic amines is 1. The van der Waals surface area contributed by atoms with Crippen LogP contribution in [0, 0.1) is 6.92 Å². The lowest BCUT2D eigenvalue weighted by molar-refractivity contribution is 0.0691.